The third-order valence-corrected chi connectivity index (χ3v) is 6.73. The van der Waals surface area contributed by atoms with E-state index in [1.165, 1.54) is 11.8 Å². The Morgan fingerprint density at radius 2 is 2.09 bits per heavy atom. The number of pyridine rings is 2. The van der Waals surface area contributed by atoms with Crippen LogP contribution in [0.1, 0.15) is 34.0 Å². The minimum Gasteiger partial charge on any atom is -0.492 e. The first-order chi connectivity index (χ1) is 16.5. The highest BCUT2D eigenvalue weighted by Crippen LogP contribution is 2.35. The van der Waals surface area contributed by atoms with Gasteiger partial charge in [0.05, 0.1) is 23.0 Å². The number of amides is 1. The molecule has 9 nitrogen and oxygen atoms in total. The van der Waals surface area contributed by atoms with E-state index in [0.29, 0.717) is 22.9 Å². The van der Waals surface area contributed by atoms with Crippen molar-refractivity contribution >= 4 is 50.7 Å². The number of aromatic nitrogens is 3. The fraction of sp³-hybridized carbons (Fsp3) is 0.208. The van der Waals surface area contributed by atoms with Crippen LogP contribution in [-0.4, -0.2) is 44.8 Å². The van der Waals surface area contributed by atoms with Crippen molar-refractivity contribution in [2.75, 3.05) is 23.8 Å². The third-order valence-electron chi connectivity index (χ3n) is 5.98. The van der Waals surface area contributed by atoms with Crippen molar-refractivity contribution in [3.8, 4) is 5.88 Å². The lowest BCUT2D eigenvalue weighted by Crippen LogP contribution is -2.29. The van der Waals surface area contributed by atoms with E-state index in [9.17, 15) is 9.90 Å². The Hall–Kier alpha value is -4.05. The van der Waals surface area contributed by atoms with Crippen LogP contribution in [0.4, 0.5) is 16.5 Å². The van der Waals surface area contributed by atoms with Gasteiger partial charge in [-0.1, -0.05) is 19.1 Å². The van der Waals surface area contributed by atoms with Gasteiger partial charge < -0.3 is 20.6 Å². The molecule has 0 aliphatic carbocycles. The molecule has 0 radical (unpaired) electrons. The second kappa shape index (κ2) is 8.71. The molecule has 0 saturated carbocycles. The average molecular weight is 474 g/mol. The Kier molecular flexibility index (Phi) is 5.58. The zero-order valence-electron chi connectivity index (χ0n) is 18.7. The number of nitrogens with one attached hydrogen (secondary N) is 3. The second-order valence-electron chi connectivity index (χ2n) is 7.93. The summed E-state index contributed by atoms with van der Waals surface area (Å²) in [5, 5.41) is 25.2. The molecule has 5 rings (SSSR count). The molecule has 3 aromatic heterocycles. The summed E-state index contributed by atoms with van der Waals surface area (Å²) in [6.45, 7) is 2.72. The maximum absolute atomic E-state index is 13.3. The van der Waals surface area contributed by atoms with Gasteiger partial charge in [-0.25, -0.2) is 4.98 Å². The predicted molar refractivity (Wildman–Crippen MR) is 134 cm³/mol. The molecule has 0 spiro atoms. The van der Waals surface area contributed by atoms with E-state index in [4.69, 9.17) is 5.41 Å². The number of benzene rings is 1. The molecule has 10 heteroatoms. The molecule has 4 N–H and O–H groups in total. The van der Waals surface area contributed by atoms with Crippen molar-refractivity contribution in [2.24, 2.45) is 0 Å². The molecule has 4 aromatic rings. The fourth-order valence-electron chi connectivity index (χ4n) is 4.14. The number of aromatic hydroxyl groups is 1. The summed E-state index contributed by atoms with van der Waals surface area (Å²) in [6, 6.07) is 9.74. The number of aryl methyl sites for hydroxylation is 1. The molecule has 1 amide bonds. The average Bonchev–Trinajstić information content (AvgIpc) is 3.46. The van der Waals surface area contributed by atoms with Gasteiger partial charge in [0.2, 0.25) is 5.88 Å². The van der Waals surface area contributed by atoms with Crippen LogP contribution >= 0.6 is 11.5 Å². The topological polar surface area (TPSA) is 127 Å². The minimum absolute atomic E-state index is 0.0419. The summed E-state index contributed by atoms with van der Waals surface area (Å²) >= 11 is 1.03. The lowest BCUT2D eigenvalue weighted by molar-refractivity contribution is 0.0989. The number of carbonyl (C=O) groups excluding carboxylic acids is 1. The summed E-state index contributed by atoms with van der Waals surface area (Å²) in [5.41, 5.74) is 4.94. The van der Waals surface area contributed by atoms with Gasteiger partial charge in [-0.15, -0.1) is 0 Å². The first kappa shape index (κ1) is 21.8. The molecular formula is C24H23N7O2S. The van der Waals surface area contributed by atoms with Crippen LogP contribution in [0.3, 0.4) is 0 Å². The number of hydrogen-bond donors (Lipinski definition) is 4. The first-order valence-electron chi connectivity index (χ1n) is 10.9. The molecule has 1 aliphatic rings. The lowest BCUT2D eigenvalue weighted by Gasteiger charge is -2.17. The monoisotopic (exact) mass is 473 g/mol. The highest BCUT2D eigenvalue weighted by atomic mass is 32.1. The highest BCUT2D eigenvalue weighted by Gasteiger charge is 2.28. The van der Waals surface area contributed by atoms with E-state index in [2.05, 4.69) is 50.1 Å². The third kappa shape index (κ3) is 3.71. The van der Waals surface area contributed by atoms with Crippen molar-refractivity contribution in [1.29, 1.82) is 5.41 Å². The van der Waals surface area contributed by atoms with Crippen molar-refractivity contribution in [2.45, 2.75) is 19.8 Å². The Morgan fingerprint density at radius 3 is 2.82 bits per heavy atom. The Balaban J connectivity index is 1.37. The van der Waals surface area contributed by atoms with Gasteiger partial charge in [0, 0.05) is 25.2 Å². The SMILES string of the molecule is CCc1ccc2c3c(cnc2c1)N(C(=O)c1ccc(Nc2snc(O)c2C(=N)NC)nc1)CC3. The molecule has 0 atom stereocenters. The summed E-state index contributed by atoms with van der Waals surface area (Å²) in [5.74, 6) is 0.169. The van der Waals surface area contributed by atoms with Crippen LogP contribution in [0.5, 0.6) is 5.88 Å². The molecule has 0 fully saturated rings. The Bertz CT molecular complexity index is 1420. The molecule has 172 valence electrons. The number of rotatable bonds is 5. The van der Waals surface area contributed by atoms with Crippen molar-refractivity contribution < 1.29 is 9.90 Å². The quantitative estimate of drug-likeness (QED) is 0.256. The predicted octanol–water partition coefficient (Wildman–Crippen LogP) is 3.85. The van der Waals surface area contributed by atoms with Crippen LogP contribution in [0.2, 0.25) is 0 Å². The van der Waals surface area contributed by atoms with E-state index < -0.39 is 0 Å². The summed E-state index contributed by atoms with van der Waals surface area (Å²) in [4.78, 5) is 24.0. The Labute approximate surface area is 200 Å². The smallest absolute Gasteiger partial charge is 0.259 e. The van der Waals surface area contributed by atoms with Crippen molar-refractivity contribution in [3.05, 3.63) is 65.0 Å². The van der Waals surface area contributed by atoms with Gasteiger partial charge in [0.15, 0.2) is 0 Å². The number of fused-ring (bicyclic) bond motifs is 3. The van der Waals surface area contributed by atoms with Crippen LogP contribution in [0.15, 0.2) is 42.7 Å². The molecular weight excluding hydrogens is 450 g/mol. The molecule has 0 unspecified atom stereocenters. The van der Waals surface area contributed by atoms with Crippen LogP contribution in [-0.2, 0) is 12.8 Å². The molecule has 4 heterocycles. The van der Waals surface area contributed by atoms with E-state index in [1.807, 2.05) is 0 Å². The number of hydrogen-bond acceptors (Lipinski definition) is 8. The van der Waals surface area contributed by atoms with Gasteiger partial charge in [-0.2, -0.15) is 4.37 Å². The lowest BCUT2D eigenvalue weighted by atomic mass is 10.0. The molecule has 0 bridgehead atoms. The van der Waals surface area contributed by atoms with E-state index >= 15 is 0 Å². The maximum Gasteiger partial charge on any atom is 0.259 e. The minimum atomic E-state index is -0.224. The fourth-order valence-corrected chi connectivity index (χ4v) is 4.84. The molecule has 34 heavy (non-hydrogen) atoms. The summed E-state index contributed by atoms with van der Waals surface area (Å²) < 4.78 is 3.89. The molecule has 1 aliphatic heterocycles. The van der Waals surface area contributed by atoms with Crippen LogP contribution in [0.25, 0.3) is 10.9 Å². The van der Waals surface area contributed by atoms with Crippen molar-refractivity contribution in [1.82, 2.24) is 19.7 Å². The highest BCUT2D eigenvalue weighted by molar-refractivity contribution is 7.11. The Morgan fingerprint density at radius 1 is 1.24 bits per heavy atom. The number of carbonyl (C=O) groups is 1. The van der Waals surface area contributed by atoms with Crippen LogP contribution < -0.4 is 15.5 Å². The van der Waals surface area contributed by atoms with Gasteiger partial charge in [0.1, 0.15) is 22.2 Å². The van der Waals surface area contributed by atoms with Crippen molar-refractivity contribution in [3.63, 3.8) is 0 Å². The zero-order chi connectivity index (χ0) is 23.8. The van der Waals surface area contributed by atoms with E-state index in [-0.39, 0.29) is 23.2 Å². The molecule has 0 saturated heterocycles. The summed E-state index contributed by atoms with van der Waals surface area (Å²) in [7, 11) is 1.60. The second-order valence-corrected chi connectivity index (χ2v) is 8.70. The largest absolute Gasteiger partial charge is 0.492 e. The van der Waals surface area contributed by atoms with E-state index in [1.54, 1.807) is 30.3 Å². The number of amidine groups is 1. The first-order valence-corrected chi connectivity index (χ1v) is 11.7. The van der Waals surface area contributed by atoms with E-state index in [0.717, 1.165) is 46.5 Å². The van der Waals surface area contributed by atoms with Gasteiger partial charge in [-0.3, -0.25) is 15.2 Å². The zero-order valence-corrected chi connectivity index (χ0v) is 19.5. The van der Waals surface area contributed by atoms with Crippen LogP contribution in [0, 0.1) is 5.41 Å². The van der Waals surface area contributed by atoms with Gasteiger partial charge in [0.25, 0.3) is 5.91 Å². The van der Waals surface area contributed by atoms with Gasteiger partial charge in [-0.05, 0) is 53.7 Å². The standard InChI is InChI=1S/C24H23N7O2S/c1-3-13-4-6-15-16-8-9-31(18(16)12-27-17(15)10-13)24(33)14-5-7-19(28-11-14)29-23-20(21(25)26-2)22(32)30-34-23/h4-7,10-12H,3,8-9H2,1-2H3,(H2,25,26)(H,28,29)(H,30,32). The normalized spacial score (nSPS) is 12.6. The maximum atomic E-state index is 13.3. The number of anilines is 3. The molecule has 1 aromatic carbocycles. The summed E-state index contributed by atoms with van der Waals surface area (Å²) in [6.07, 6.45) is 5.06. The van der Waals surface area contributed by atoms with Gasteiger partial charge >= 0.3 is 0 Å². The number of nitrogens with zero attached hydrogens (tertiary/aromatic N) is 4.